The number of benzene rings is 3. The van der Waals surface area contributed by atoms with Crippen LogP contribution in [0.15, 0.2) is 78.4 Å². The Hall–Kier alpha value is -3.61. The summed E-state index contributed by atoms with van der Waals surface area (Å²) in [7, 11) is 1.53. The molecule has 1 unspecified atom stereocenters. The highest BCUT2D eigenvalue weighted by atomic mass is 35.5. The second kappa shape index (κ2) is 10.8. The third kappa shape index (κ3) is 5.24. The lowest BCUT2D eigenvalue weighted by molar-refractivity contribution is -0.140. The zero-order valence-corrected chi connectivity index (χ0v) is 20.3. The lowest BCUT2D eigenvalue weighted by Crippen LogP contribution is -2.32. The Bertz CT molecular complexity index is 1250. The van der Waals surface area contributed by atoms with Crippen LogP contribution in [-0.4, -0.2) is 42.0 Å². The van der Waals surface area contributed by atoms with Gasteiger partial charge < -0.3 is 19.5 Å². The molecule has 3 aromatic rings. The van der Waals surface area contributed by atoms with Crippen LogP contribution in [-0.2, 0) is 20.9 Å². The van der Waals surface area contributed by atoms with Crippen molar-refractivity contribution in [2.45, 2.75) is 19.6 Å². The largest absolute Gasteiger partial charge is 0.507 e. The van der Waals surface area contributed by atoms with Crippen molar-refractivity contribution >= 4 is 29.1 Å². The summed E-state index contributed by atoms with van der Waals surface area (Å²) in [6, 6.07) is 20.9. The molecular formula is C28H26ClNO5. The monoisotopic (exact) mass is 491 g/mol. The van der Waals surface area contributed by atoms with E-state index in [1.165, 1.54) is 12.0 Å². The first kappa shape index (κ1) is 24.5. The van der Waals surface area contributed by atoms with Crippen LogP contribution in [0.5, 0.6) is 5.75 Å². The van der Waals surface area contributed by atoms with Gasteiger partial charge in [0.05, 0.1) is 18.2 Å². The van der Waals surface area contributed by atoms with Gasteiger partial charge in [-0.15, -0.1) is 0 Å². The summed E-state index contributed by atoms with van der Waals surface area (Å²) in [6.07, 6.45) is 0. The second-order valence-electron chi connectivity index (χ2n) is 8.28. The molecule has 0 spiro atoms. The van der Waals surface area contributed by atoms with Crippen LogP contribution < -0.4 is 4.74 Å². The third-order valence-corrected chi connectivity index (χ3v) is 6.30. The van der Waals surface area contributed by atoms with Crippen molar-refractivity contribution in [3.8, 4) is 5.75 Å². The second-order valence-corrected chi connectivity index (χ2v) is 8.71. The number of aliphatic hydroxyl groups excluding tert-OH is 1. The number of carbonyl (C=O) groups is 2. The van der Waals surface area contributed by atoms with Gasteiger partial charge >= 0.3 is 0 Å². The van der Waals surface area contributed by atoms with Gasteiger partial charge in [-0.1, -0.05) is 48.0 Å². The molecule has 1 heterocycles. The first-order chi connectivity index (χ1) is 16.9. The molecule has 3 aromatic carbocycles. The average Bonchev–Trinajstić information content (AvgIpc) is 3.12. The molecule has 1 aliphatic rings. The van der Waals surface area contributed by atoms with Crippen molar-refractivity contribution in [1.82, 2.24) is 4.90 Å². The zero-order chi connectivity index (χ0) is 24.9. The molecule has 7 heteroatoms. The molecule has 1 aliphatic heterocycles. The van der Waals surface area contributed by atoms with Crippen LogP contribution in [0, 0.1) is 6.92 Å². The summed E-state index contributed by atoms with van der Waals surface area (Å²) >= 11 is 5.97. The van der Waals surface area contributed by atoms with E-state index in [2.05, 4.69) is 0 Å². The number of ketones is 1. The summed E-state index contributed by atoms with van der Waals surface area (Å²) in [5, 5.41) is 11.5. The van der Waals surface area contributed by atoms with Gasteiger partial charge in [-0.3, -0.25) is 9.59 Å². The van der Waals surface area contributed by atoms with Gasteiger partial charge in [0.25, 0.3) is 11.7 Å². The molecule has 1 saturated heterocycles. The highest BCUT2D eigenvalue weighted by Gasteiger charge is 2.45. The summed E-state index contributed by atoms with van der Waals surface area (Å²) in [4.78, 5) is 27.3. The van der Waals surface area contributed by atoms with E-state index in [4.69, 9.17) is 21.1 Å². The topological polar surface area (TPSA) is 76.1 Å². The molecule has 180 valence electrons. The third-order valence-electron chi connectivity index (χ3n) is 6.05. The lowest BCUT2D eigenvalue weighted by Gasteiger charge is -2.25. The van der Waals surface area contributed by atoms with Crippen LogP contribution in [0.25, 0.3) is 5.76 Å². The number of aliphatic hydroxyl groups is 1. The predicted molar refractivity (Wildman–Crippen MR) is 134 cm³/mol. The Balaban J connectivity index is 1.66. The molecule has 4 rings (SSSR count). The number of hydrogen-bond donors (Lipinski definition) is 1. The van der Waals surface area contributed by atoms with E-state index in [9.17, 15) is 14.7 Å². The summed E-state index contributed by atoms with van der Waals surface area (Å²) in [6.45, 7) is 2.91. The number of ether oxygens (including phenoxy) is 2. The van der Waals surface area contributed by atoms with E-state index in [0.717, 1.165) is 11.1 Å². The van der Waals surface area contributed by atoms with Gasteiger partial charge in [0.1, 0.15) is 18.1 Å². The minimum Gasteiger partial charge on any atom is -0.507 e. The molecule has 0 aromatic heterocycles. The van der Waals surface area contributed by atoms with Gasteiger partial charge in [-0.2, -0.15) is 0 Å². The van der Waals surface area contributed by atoms with Gasteiger partial charge in [-0.25, -0.2) is 0 Å². The molecule has 1 atom stereocenters. The average molecular weight is 492 g/mol. The minimum atomic E-state index is -0.758. The number of nitrogens with zero attached hydrogens (tertiary/aromatic N) is 1. The maximum absolute atomic E-state index is 13.0. The Morgan fingerprint density at radius 3 is 2.34 bits per heavy atom. The predicted octanol–water partition coefficient (Wildman–Crippen LogP) is 5.30. The van der Waals surface area contributed by atoms with E-state index in [1.807, 2.05) is 31.2 Å². The molecule has 0 bridgehead atoms. The van der Waals surface area contributed by atoms with Crippen molar-refractivity contribution in [3.63, 3.8) is 0 Å². The highest BCUT2D eigenvalue weighted by molar-refractivity contribution is 6.46. The van der Waals surface area contributed by atoms with Crippen LogP contribution in [0.3, 0.4) is 0 Å². The molecule has 0 saturated carbocycles. The molecule has 1 N–H and O–H groups in total. The Labute approximate surface area is 209 Å². The SMILES string of the molecule is COCCN1C(=O)C(=O)/C(=C(\O)c2ccc(Cl)cc2)C1c1ccc(OCc2ccccc2C)cc1. The number of halogens is 1. The van der Waals surface area contributed by atoms with Gasteiger partial charge in [0.2, 0.25) is 0 Å². The number of rotatable bonds is 8. The first-order valence-electron chi connectivity index (χ1n) is 11.2. The van der Waals surface area contributed by atoms with E-state index >= 15 is 0 Å². The molecule has 1 amide bonds. The molecular weight excluding hydrogens is 466 g/mol. The fraction of sp³-hybridized carbons (Fsp3) is 0.214. The van der Waals surface area contributed by atoms with Crippen molar-refractivity contribution < 1.29 is 24.2 Å². The van der Waals surface area contributed by atoms with Gasteiger partial charge in [-0.05, 0) is 60.0 Å². The zero-order valence-electron chi connectivity index (χ0n) is 19.5. The number of aryl methyl sites for hydroxylation is 1. The first-order valence-corrected chi connectivity index (χ1v) is 11.6. The smallest absolute Gasteiger partial charge is 0.295 e. The molecule has 1 fully saturated rings. The number of amides is 1. The van der Waals surface area contributed by atoms with Gasteiger partial charge in [0, 0.05) is 24.2 Å². The number of hydrogen-bond acceptors (Lipinski definition) is 5. The lowest BCUT2D eigenvalue weighted by atomic mass is 9.95. The Morgan fingerprint density at radius 1 is 1.00 bits per heavy atom. The van der Waals surface area contributed by atoms with Crippen molar-refractivity contribution in [2.75, 3.05) is 20.3 Å². The maximum Gasteiger partial charge on any atom is 0.295 e. The van der Waals surface area contributed by atoms with Crippen LogP contribution in [0.2, 0.25) is 5.02 Å². The Morgan fingerprint density at radius 2 is 1.69 bits per heavy atom. The molecule has 35 heavy (non-hydrogen) atoms. The van der Waals surface area contributed by atoms with Crippen LogP contribution in [0.1, 0.15) is 28.3 Å². The summed E-state index contributed by atoms with van der Waals surface area (Å²) < 4.78 is 11.1. The molecule has 6 nitrogen and oxygen atoms in total. The minimum absolute atomic E-state index is 0.0296. The standard InChI is InChI=1S/C28H26ClNO5/c1-18-5-3-4-6-21(18)17-35-23-13-9-19(10-14-23)25-24(26(31)20-7-11-22(29)12-8-20)27(32)28(33)30(25)15-16-34-2/h3-14,25,31H,15-17H2,1-2H3/b26-24-. The van der Waals surface area contributed by atoms with Gasteiger partial charge in [0.15, 0.2) is 0 Å². The van der Waals surface area contributed by atoms with Crippen molar-refractivity contribution in [2.24, 2.45) is 0 Å². The fourth-order valence-corrected chi connectivity index (χ4v) is 4.22. The van der Waals surface area contributed by atoms with E-state index < -0.39 is 17.7 Å². The van der Waals surface area contributed by atoms with Crippen molar-refractivity contribution in [3.05, 3.63) is 106 Å². The number of methoxy groups -OCH3 is 1. The number of Topliss-reactive ketones (excluding diaryl/α,β-unsaturated/α-hetero) is 1. The van der Waals surface area contributed by atoms with Crippen LogP contribution in [0.4, 0.5) is 0 Å². The van der Waals surface area contributed by atoms with Crippen molar-refractivity contribution in [1.29, 1.82) is 0 Å². The maximum atomic E-state index is 13.0. The quantitative estimate of drug-likeness (QED) is 0.263. The number of likely N-dealkylation sites (tertiary alicyclic amines) is 1. The van der Waals surface area contributed by atoms with E-state index in [1.54, 1.807) is 48.5 Å². The molecule has 0 aliphatic carbocycles. The highest BCUT2D eigenvalue weighted by Crippen LogP contribution is 2.39. The summed E-state index contributed by atoms with van der Waals surface area (Å²) in [5.74, 6) is -1.01. The fourth-order valence-electron chi connectivity index (χ4n) is 4.09. The van der Waals surface area contributed by atoms with E-state index in [0.29, 0.717) is 28.5 Å². The summed E-state index contributed by atoms with van der Waals surface area (Å²) in [5.41, 5.74) is 3.35. The normalized spacial score (nSPS) is 17.1. The van der Waals surface area contributed by atoms with E-state index in [-0.39, 0.29) is 24.5 Å². The molecule has 0 radical (unpaired) electrons. The van der Waals surface area contributed by atoms with Crippen LogP contribution >= 0.6 is 11.6 Å². The Kier molecular flexibility index (Phi) is 7.54. The number of carbonyl (C=O) groups excluding carboxylic acids is 2.